The number of aliphatic hydroxyl groups excluding tert-OH is 1. The molecular formula is C11H9F3O. The van der Waals surface area contributed by atoms with Gasteiger partial charge in [-0.2, -0.15) is 13.2 Å². The second-order valence-electron chi connectivity index (χ2n) is 3.04. The lowest BCUT2D eigenvalue weighted by molar-refractivity contribution is -0.137. The fourth-order valence-corrected chi connectivity index (χ4v) is 1.12. The summed E-state index contributed by atoms with van der Waals surface area (Å²) >= 11 is 0. The molecule has 0 bridgehead atoms. The van der Waals surface area contributed by atoms with E-state index in [1.54, 1.807) is 0 Å². The maximum atomic E-state index is 12.2. The van der Waals surface area contributed by atoms with Crippen LogP contribution in [0.25, 0.3) is 0 Å². The standard InChI is InChI=1S/C11H9F3O/c1-2-3-10(15)8-4-6-9(7-5-8)11(12,13)14/h1,4-7,10,15H,3H2/t10-/m0/s1. The van der Waals surface area contributed by atoms with E-state index in [9.17, 15) is 18.3 Å². The molecule has 0 aliphatic heterocycles. The summed E-state index contributed by atoms with van der Waals surface area (Å²) in [7, 11) is 0. The zero-order chi connectivity index (χ0) is 11.5. The molecule has 1 N–H and O–H groups in total. The Balaban J connectivity index is 2.87. The molecule has 15 heavy (non-hydrogen) atoms. The van der Waals surface area contributed by atoms with Gasteiger partial charge in [0.1, 0.15) is 0 Å². The third-order valence-corrected chi connectivity index (χ3v) is 1.93. The van der Waals surface area contributed by atoms with Crippen LogP contribution in [-0.4, -0.2) is 5.11 Å². The molecule has 0 amide bonds. The van der Waals surface area contributed by atoms with Crippen LogP contribution < -0.4 is 0 Å². The summed E-state index contributed by atoms with van der Waals surface area (Å²) in [6, 6.07) is 4.31. The molecule has 0 aliphatic carbocycles. The first kappa shape index (κ1) is 11.6. The first-order valence-corrected chi connectivity index (χ1v) is 4.24. The lowest BCUT2D eigenvalue weighted by atomic mass is 10.0. The van der Waals surface area contributed by atoms with Crippen molar-refractivity contribution in [2.75, 3.05) is 0 Å². The molecule has 0 fully saturated rings. The minimum Gasteiger partial charge on any atom is -0.387 e. The van der Waals surface area contributed by atoms with Crippen molar-refractivity contribution < 1.29 is 18.3 Å². The van der Waals surface area contributed by atoms with Gasteiger partial charge in [-0.15, -0.1) is 12.3 Å². The molecule has 1 aromatic rings. The van der Waals surface area contributed by atoms with Gasteiger partial charge in [0.2, 0.25) is 0 Å². The number of hydrogen-bond donors (Lipinski definition) is 1. The van der Waals surface area contributed by atoms with Gasteiger partial charge < -0.3 is 5.11 Å². The van der Waals surface area contributed by atoms with E-state index in [1.807, 2.05) is 0 Å². The first-order valence-electron chi connectivity index (χ1n) is 4.24. The van der Waals surface area contributed by atoms with Gasteiger partial charge in [0, 0.05) is 6.42 Å². The van der Waals surface area contributed by atoms with Gasteiger partial charge in [-0.25, -0.2) is 0 Å². The van der Waals surface area contributed by atoms with Gasteiger partial charge in [-0.1, -0.05) is 12.1 Å². The van der Waals surface area contributed by atoms with Crippen LogP contribution in [0.4, 0.5) is 13.2 Å². The van der Waals surface area contributed by atoms with Crippen LogP contribution in [0.15, 0.2) is 24.3 Å². The maximum absolute atomic E-state index is 12.2. The Hall–Kier alpha value is -1.47. The Morgan fingerprint density at radius 1 is 1.27 bits per heavy atom. The Labute approximate surface area is 85.5 Å². The summed E-state index contributed by atoms with van der Waals surface area (Å²) < 4.78 is 36.5. The summed E-state index contributed by atoms with van der Waals surface area (Å²) in [4.78, 5) is 0. The summed E-state index contributed by atoms with van der Waals surface area (Å²) in [5.74, 6) is 2.24. The molecule has 1 atom stereocenters. The second-order valence-corrected chi connectivity index (χ2v) is 3.04. The average molecular weight is 214 g/mol. The van der Waals surface area contributed by atoms with Gasteiger partial charge >= 0.3 is 6.18 Å². The summed E-state index contributed by atoms with van der Waals surface area (Å²) in [6.45, 7) is 0. The highest BCUT2D eigenvalue weighted by molar-refractivity contribution is 5.26. The van der Waals surface area contributed by atoms with Crippen LogP contribution >= 0.6 is 0 Å². The number of hydrogen-bond acceptors (Lipinski definition) is 1. The topological polar surface area (TPSA) is 20.2 Å². The van der Waals surface area contributed by atoms with E-state index in [4.69, 9.17) is 6.42 Å². The fraction of sp³-hybridized carbons (Fsp3) is 0.273. The molecule has 0 saturated carbocycles. The van der Waals surface area contributed by atoms with E-state index in [0.29, 0.717) is 5.56 Å². The molecule has 4 heteroatoms. The van der Waals surface area contributed by atoms with Crippen molar-refractivity contribution in [2.24, 2.45) is 0 Å². The zero-order valence-corrected chi connectivity index (χ0v) is 7.75. The normalized spacial score (nSPS) is 13.3. The highest BCUT2D eigenvalue weighted by Crippen LogP contribution is 2.30. The van der Waals surface area contributed by atoms with Crippen molar-refractivity contribution in [3.05, 3.63) is 35.4 Å². The van der Waals surface area contributed by atoms with Crippen LogP contribution in [-0.2, 0) is 6.18 Å². The summed E-state index contributed by atoms with van der Waals surface area (Å²) in [5.41, 5.74) is -0.347. The third kappa shape index (κ3) is 3.00. The molecule has 0 aromatic heterocycles. The third-order valence-electron chi connectivity index (χ3n) is 1.93. The van der Waals surface area contributed by atoms with Crippen molar-refractivity contribution in [3.8, 4) is 12.3 Å². The second kappa shape index (κ2) is 4.37. The van der Waals surface area contributed by atoms with E-state index in [-0.39, 0.29) is 6.42 Å². The van der Waals surface area contributed by atoms with Gasteiger partial charge in [0.05, 0.1) is 11.7 Å². The number of benzene rings is 1. The quantitative estimate of drug-likeness (QED) is 0.750. The van der Waals surface area contributed by atoms with Gasteiger partial charge in [0.25, 0.3) is 0 Å². The minimum absolute atomic E-state index is 0.0887. The van der Waals surface area contributed by atoms with Gasteiger partial charge in [0.15, 0.2) is 0 Å². The molecule has 1 nitrogen and oxygen atoms in total. The van der Waals surface area contributed by atoms with Crippen molar-refractivity contribution in [3.63, 3.8) is 0 Å². The van der Waals surface area contributed by atoms with Crippen LogP contribution in [0, 0.1) is 12.3 Å². The van der Waals surface area contributed by atoms with Crippen molar-refractivity contribution in [1.29, 1.82) is 0 Å². The zero-order valence-electron chi connectivity index (χ0n) is 7.75. The Bertz CT molecular complexity index is 359. The largest absolute Gasteiger partial charge is 0.416 e. The summed E-state index contributed by atoms with van der Waals surface area (Å²) in [5, 5.41) is 9.39. The Morgan fingerprint density at radius 3 is 2.20 bits per heavy atom. The van der Waals surface area contributed by atoms with Crippen molar-refractivity contribution in [2.45, 2.75) is 18.7 Å². The monoisotopic (exact) mass is 214 g/mol. The molecule has 0 aliphatic rings. The smallest absolute Gasteiger partial charge is 0.387 e. The molecular weight excluding hydrogens is 205 g/mol. The number of terminal acetylenes is 1. The van der Waals surface area contributed by atoms with Gasteiger partial charge in [-0.05, 0) is 17.7 Å². The maximum Gasteiger partial charge on any atom is 0.416 e. The fourth-order valence-electron chi connectivity index (χ4n) is 1.12. The van der Waals surface area contributed by atoms with E-state index in [1.165, 1.54) is 12.1 Å². The Kier molecular flexibility index (Phi) is 3.38. The minimum atomic E-state index is -4.35. The molecule has 1 rings (SSSR count). The number of alkyl halides is 3. The van der Waals surface area contributed by atoms with Crippen LogP contribution in [0.1, 0.15) is 23.7 Å². The number of aliphatic hydroxyl groups is 1. The predicted molar refractivity (Wildman–Crippen MR) is 49.9 cm³/mol. The SMILES string of the molecule is C#CC[C@H](O)c1ccc(C(F)(F)F)cc1. The molecule has 0 spiro atoms. The van der Waals surface area contributed by atoms with Crippen molar-refractivity contribution in [1.82, 2.24) is 0 Å². The lowest BCUT2D eigenvalue weighted by Crippen LogP contribution is -2.05. The summed E-state index contributed by atoms with van der Waals surface area (Å²) in [6.07, 6.45) is -0.192. The first-order chi connectivity index (χ1) is 6.95. The molecule has 0 heterocycles. The van der Waals surface area contributed by atoms with Crippen LogP contribution in [0.5, 0.6) is 0 Å². The van der Waals surface area contributed by atoms with Crippen LogP contribution in [0.2, 0.25) is 0 Å². The molecule has 0 saturated heterocycles. The number of halogens is 3. The molecule has 0 unspecified atom stereocenters. The van der Waals surface area contributed by atoms with E-state index < -0.39 is 17.8 Å². The molecule has 80 valence electrons. The Morgan fingerprint density at radius 2 is 1.80 bits per heavy atom. The van der Waals surface area contributed by atoms with E-state index in [2.05, 4.69) is 5.92 Å². The average Bonchev–Trinajstić information content (AvgIpc) is 2.17. The van der Waals surface area contributed by atoms with E-state index in [0.717, 1.165) is 12.1 Å². The van der Waals surface area contributed by atoms with Gasteiger partial charge in [-0.3, -0.25) is 0 Å². The van der Waals surface area contributed by atoms with E-state index >= 15 is 0 Å². The molecule has 0 radical (unpaired) electrons. The lowest BCUT2D eigenvalue weighted by Gasteiger charge is -2.10. The molecule has 1 aromatic carbocycles. The highest BCUT2D eigenvalue weighted by atomic mass is 19.4. The van der Waals surface area contributed by atoms with Crippen molar-refractivity contribution >= 4 is 0 Å². The predicted octanol–water partition coefficient (Wildman–Crippen LogP) is 2.76. The highest BCUT2D eigenvalue weighted by Gasteiger charge is 2.30. The number of rotatable bonds is 2. The van der Waals surface area contributed by atoms with Crippen LogP contribution in [0.3, 0.4) is 0 Å².